The summed E-state index contributed by atoms with van der Waals surface area (Å²) >= 11 is 0. The van der Waals surface area contributed by atoms with Gasteiger partial charge in [0.1, 0.15) is 5.69 Å². The molecule has 0 saturated heterocycles. The van der Waals surface area contributed by atoms with Gasteiger partial charge in [-0.05, 0) is 61.7 Å². The van der Waals surface area contributed by atoms with E-state index >= 15 is 0 Å². The largest absolute Gasteiger partial charge is 0.313 e. The van der Waals surface area contributed by atoms with Crippen LogP contribution in [0.15, 0.2) is 60.8 Å². The third-order valence-corrected chi connectivity index (χ3v) is 4.77. The molecule has 0 saturated carbocycles. The molecule has 0 bridgehead atoms. The Kier molecular flexibility index (Phi) is 3.27. The van der Waals surface area contributed by atoms with E-state index in [1.807, 2.05) is 47.0 Å². The van der Waals surface area contributed by atoms with Crippen molar-refractivity contribution in [3.8, 4) is 0 Å². The van der Waals surface area contributed by atoms with Crippen LogP contribution in [0.5, 0.6) is 0 Å². The zero-order valence-corrected chi connectivity index (χ0v) is 14.1. The van der Waals surface area contributed by atoms with Crippen LogP contribution in [0.2, 0.25) is 0 Å². The fourth-order valence-electron chi connectivity index (χ4n) is 3.32. The fourth-order valence-corrected chi connectivity index (χ4v) is 3.32. The van der Waals surface area contributed by atoms with Crippen LogP contribution in [0, 0.1) is 20.8 Å². The molecule has 0 N–H and O–H groups in total. The third-order valence-electron chi connectivity index (χ3n) is 4.77. The Hall–Kier alpha value is -2.87. The summed E-state index contributed by atoms with van der Waals surface area (Å²) < 4.78 is 2.03. The number of hydrogen-bond acceptors (Lipinski definition) is 1. The molecule has 4 aromatic rings. The van der Waals surface area contributed by atoms with Crippen molar-refractivity contribution < 1.29 is 4.79 Å². The third kappa shape index (κ3) is 2.15. The smallest absolute Gasteiger partial charge is 0.210 e. The van der Waals surface area contributed by atoms with E-state index in [-0.39, 0.29) is 5.78 Å². The first-order chi connectivity index (χ1) is 11.6. The van der Waals surface area contributed by atoms with Crippen LogP contribution in [0.25, 0.3) is 16.3 Å². The van der Waals surface area contributed by atoms with E-state index in [9.17, 15) is 4.79 Å². The lowest BCUT2D eigenvalue weighted by Crippen LogP contribution is -2.05. The molecule has 0 aliphatic rings. The standard InChI is InChI=1S/C22H19NO/c1-14-9-10-23-20(11-14)18-12-15(2)16(3)13-19(18)21(23)22(24)17-7-5-4-6-8-17/h4-13H,1-3H3. The van der Waals surface area contributed by atoms with Gasteiger partial charge >= 0.3 is 0 Å². The molecular weight excluding hydrogens is 294 g/mol. The zero-order chi connectivity index (χ0) is 16.8. The number of aryl methyl sites for hydroxylation is 3. The number of nitrogens with zero attached hydrogens (tertiary/aromatic N) is 1. The predicted molar refractivity (Wildman–Crippen MR) is 99.0 cm³/mol. The fraction of sp³-hybridized carbons (Fsp3) is 0.136. The van der Waals surface area contributed by atoms with Gasteiger partial charge in [0.15, 0.2) is 0 Å². The molecule has 0 amide bonds. The van der Waals surface area contributed by atoms with E-state index in [4.69, 9.17) is 0 Å². The number of fused-ring (bicyclic) bond motifs is 3. The molecule has 0 spiro atoms. The molecular formula is C22H19NO. The number of benzene rings is 2. The normalized spacial score (nSPS) is 11.3. The van der Waals surface area contributed by atoms with Crippen LogP contribution in [0.1, 0.15) is 32.7 Å². The van der Waals surface area contributed by atoms with Gasteiger partial charge in [0.05, 0.1) is 5.52 Å². The van der Waals surface area contributed by atoms with E-state index < -0.39 is 0 Å². The topological polar surface area (TPSA) is 21.5 Å². The van der Waals surface area contributed by atoms with Gasteiger partial charge in [-0.1, -0.05) is 30.3 Å². The summed E-state index contributed by atoms with van der Waals surface area (Å²) in [6.07, 6.45) is 2.01. The first-order valence-corrected chi connectivity index (χ1v) is 8.17. The summed E-state index contributed by atoms with van der Waals surface area (Å²) in [6.45, 7) is 6.30. The van der Waals surface area contributed by atoms with Gasteiger partial charge in [-0.2, -0.15) is 0 Å². The van der Waals surface area contributed by atoms with E-state index in [1.165, 1.54) is 16.7 Å². The molecule has 118 valence electrons. The Morgan fingerprint density at radius 1 is 0.833 bits per heavy atom. The average molecular weight is 313 g/mol. The highest BCUT2D eigenvalue weighted by Crippen LogP contribution is 2.31. The van der Waals surface area contributed by atoms with Crippen molar-refractivity contribution in [1.29, 1.82) is 0 Å². The number of carbonyl (C=O) groups excluding carboxylic acids is 1. The molecule has 0 unspecified atom stereocenters. The Morgan fingerprint density at radius 3 is 2.21 bits per heavy atom. The zero-order valence-electron chi connectivity index (χ0n) is 14.1. The van der Waals surface area contributed by atoms with E-state index in [2.05, 4.69) is 39.0 Å². The van der Waals surface area contributed by atoms with Crippen LogP contribution in [0.4, 0.5) is 0 Å². The summed E-state index contributed by atoms with van der Waals surface area (Å²) in [7, 11) is 0. The van der Waals surface area contributed by atoms with Crippen molar-refractivity contribution in [3.63, 3.8) is 0 Å². The molecule has 2 heteroatoms. The van der Waals surface area contributed by atoms with Gasteiger partial charge in [0.25, 0.3) is 0 Å². The van der Waals surface area contributed by atoms with Gasteiger partial charge < -0.3 is 4.40 Å². The number of rotatable bonds is 2. The summed E-state index contributed by atoms with van der Waals surface area (Å²) in [5.74, 6) is 0.0627. The minimum Gasteiger partial charge on any atom is -0.313 e. The lowest BCUT2D eigenvalue weighted by molar-refractivity contribution is 0.103. The van der Waals surface area contributed by atoms with Crippen molar-refractivity contribution in [2.45, 2.75) is 20.8 Å². The van der Waals surface area contributed by atoms with Crippen molar-refractivity contribution in [3.05, 3.63) is 88.7 Å². The van der Waals surface area contributed by atoms with Crippen molar-refractivity contribution >= 4 is 22.1 Å². The second kappa shape index (κ2) is 5.34. The molecule has 4 rings (SSSR count). The maximum absolute atomic E-state index is 13.2. The highest BCUT2D eigenvalue weighted by atomic mass is 16.1. The van der Waals surface area contributed by atoms with Gasteiger partial charge in [-0.25, -0.2) is 0 Å². The molecule has 2 heterocycles. The van der Waals surface area contributed by atoms with Crippen LogP contribution in [-0.2, 0) is 0 Å². The highest BCUT2D eigenvalue weighted by Gasteiger charge is 2.20. The van der Waals surface area contributed by atoms with E-state index in [0.29, 0.717) is 0 Å². The second-order valence-electron chi connectivity index (χ2n) is 6.49. The summed E-state index contributed by atoms with van der Waals surface area (Å²) in [4.78, 5) is 13.2. The highest BCUT2D eigenvalue weighted by molar-refractivity contribution is 6.19. The number of ketones is 1. The summed E-state index contributed by atoms with van der Waals surface area (Å²) in [6, 6.07) is 18.0. The molecule has 0 fully saturated rings. The number of pyridine rings is 1. The SMILES string of the molecule is Cc1ccn2c(C(=O)c3ccccc3)c3cc(C)c(C)cc3c2c1. The first kappa shape index (κ1) is 14.7. The maximum atomic E-state index is 13.2. The first-order valence-electron chi connectivity index (χ1n) is 8.17. The number of hydrogen-bond donors (Lipinski definition) is 0. The van der Waals surface area contributed by atoms with Crippen LogP contribution in [0.3, 0.4) is 0 Å². The molecule has 0 aliphatic carbocycles. The van der Waals surface area contributed by atoms with Crippen LogP contribution in [-0.4, -0.2) is 10.2 Å². The molecule has 0 atom stereocenters. The lowest BCUT2D eigenvalue weighted by atomic mass is 10.0. The number of aromatic nitrogens is 1. The Labute approximate surface area is 141 Å². The quantitative estimate of drug-likeness (QED) is 0.463. The Morgan fingerprint density at radius 2 is 1.50 bits per heavy atom. The van der Waals surface area contributed by atoms with Gasteiger partial charge in [-0.15, -0.1) is 0 Å². The van der Waals surface area contributed by atoms with Crippen LogP contribution < -0.4 is 0 Å². The molecule has 2 nitrogen and oxygen atoms in total. The number of carbonyl (C=O) groups is 1. The summed E-state index contributed by atoms with van der Waals surface area (Å²) in [5, 5.41) is 2.17. The maximum Gasteiger partial charge on any atom is 0.210 e. The predicted octanol–water partition coefficient (Wildman–Crippen LogP) is 5.25. The molecule has 2 aromatic heterocycles. The minimum absolute atomic E-state index is 0.0627. The van der Waals surface area contributed by atoms with E-state index in [0.717, 1.165) is 27.5 Å². The second-order valence-corrected chi connectivity index (χ2v) is 6.49. The Bertz CT molecular complexity index is 1090. The monoisotopic (exact) mass is 313 g/mol. The minimum atomic E-state index is 0.0627. The molecule has 24 heavy (non-hydrogen) atoms. The lowest BCUT2D eigenvalue weighted by Gasteiger charge is -2.04. The average Bonchev–Trinajstić information content (AvgIpc) is 2.88. The van der Waals surface area contributed by atoms with Gasteiger partial charge in [0, 0.05) is 22.5 Å². The van der Waals surface area contributed by atoms with Crippen molar-refractivity contribution in [1.82, 2.24) is 4.40 Å². The van der Waals surface area contributed by atoms with E-state index in [1.54, 1.807) is 0 Å². The van der Waals surface area contributed by atoms with Gasteiger partial charge in [0.2, 0.25) is 5.78 Å². The molecule has 2 aromatic carbocycles. The van der Waals surface area contributed by atoms with Crippen molar-refractivity contribution in [2.24, 2.45) is 0 Å². The van der Waals surface area contributed by atoms with Crippen LogP contribution >= 0.6 is 0 Å². The Balaban J connectivity index is 2.13. The summed E-state index contributed by atoms with van der Waals surface area (Å²) in [5.41, 5.74) is 6.20. The molecule has 0 aliphatic heterocycles. The van der Waals surface area contributed by atoms with Crippen molar-refractivity contribution in [2.75, 3.05) is 0 Å². The molecule has 0 radical (unpaired) electrons. The van der Waals surface area contributed by atoms with Gasteiger partial charge in [-0.3, -0.25) is 4.79 Å².